The standard InChI is InChI=1S/C15H16BrN3/c1-2-19(12-6-4-3-5-7-12)14-10-13(16)17-15(18-14)11-8-9-11/h3-7,10-11H,2,8-9H2,1H3. The van der Waals surface area contributed by atoms with Gasteiger partial charge in [0.05, 0.1) is 0 Å². The number of hydrogen-bond acceptors (Lipinski definition) is 3. The van der Waals surface area contributed by atoms with Crippen LogP contribution in [-0.4, -0.2) is 16.5 Å². The van der Waals surface area contributed by atoms with Gasteiger partial charge in [0.15, 0.2) is 0 Å². The van der Waals surface area contributed by atoms with Crippen molar-refractivity contribution in [2.75, 3.05) is 11.4 Å². The summed E-state index contributed by atoms with van der Waals surface area (Å²) >= 11 is 3.50. The minimum absolute atomic E-state index is 0.561. The number of benzene rings is 1. The minimum Gasteiger partial charge on any atom is -0.327 e. The Morgan fingerprint density at radius 2 is 1.95 bits per heavy atom. The Balaban J connectivity index is 1.99. The summed E-state index contributed by atoms with van der Waals surface area (Å²) in [6, 6.07) is 12.3. The van der Waals surface area contributed by atoms with Gasteiger partial charge < -0.3 is 4.90 Å². The van der Waals surface area contributed by atoms with Crippen molar-refractivity contribution in [3.05, 3.63) is 46.8 Å². The number of hydrogen-bond donors (Lipinski definition) is 0. The molecule has 0 unspecified atom stereocenters. The zero-order chi connectivity index (χ0) is 13.2. The Labute approximate surface area is 121 Å². The van der Waals surface area contributed by atoms with Gasteiger partial charge in [0.1, 0.15) is 16.2 Å². The molecule has 19 heavy (non-hydrogen) atoms. The fourth-order valence-corrected chi connectivity index (χ4v) is 2.56. The SMILES string of the molecule is CCN(c1ccccc1)c1cc(Br)nc(C2CC2)n1. The summed E-state index contributed by atoms with van der Waals surface area (Å²) in [4.78, 5) is 11.4. The van der Waals surface area contributed by atoms with Crippen molar-refractivity contribution in [3.63, 3.8) is 0 Å². The van der Waals surface area contributed by atoms with Crippen molar-refractivity contribution >= 4 is 27.4 Å². The highest BCUT2D eigenvalue weighted by molar-refractivity contribution is 9.10. The Kier molecular flexibility index (Phi) is 3.51. The van der Waals surface area contributed by atoms with Crippen LogP contribution in [-0.2, 0) is 0 Å². The van der Waals surface area contributed by atoms with Gasteiger partial charge in [-0.2, -0.15) is 0 Å². The minimum atomic E-state index is 0.561. The van der Waals surface area contributed by atoms with Gasteiger partial charge in [-0.3, -0.25) is 0 Å². The number of halogens is 1. The molecular formula is C15H16BrN3. The molecule has 1 aromatic heterocycles. The lowest BCUT2D eigenvalue weighted by Gasteiger charge is -2.22. The second-order valence-electron chi connectivity index (χ2n) is 4.76. The van der Waals surface area contributed by atoms with Crippen LogP contribution in [0.2, 0.25) is 0 Å². The summed E-state index contributed by atoms with van der Waals surface area (Å²) in [5.74, 6) is 2.50. The summed E-state index contributed by atoms with van der Waals surface area (Å²) < 4.78 is 0.869. The van der Waals surface area contributed by atoms with Gasteiger partial charge in [-0.25, -0.2) is 9.97 Å². The predicted molar refractivity (Wildman–Crippen MR) is 80.8 cm³/mol. The molecule has 1 aliphatic carbocycles. The molecule has 0 amide bonds. The molecule has 0 saturated heterocycles. The average molecular weight is 318 g/mol. The number of rotatable bonds is 4. The van der Waals surface area contributed by atoms with E-state index in [9.17, 15) is 0 Å². The molecule has 2 aromatic rings. The zero-order valence-corrected chi connectivity index (χ0v) is 12.5. The first-order valence-corrected chi connectivity index (χ1v) is 7.44. The van der Waals surface area contributed by atoms with Crippen LogP contribution in [0.3, 0.4) is 0 Å². The number of aromatic nitrogens is 2. The molecule has 0 bridgehead atoms. The maximum Gasteiger partial charge on any atom is 0.137 e. The Morgan fingerprint density at radius 1 is 1.21 bits per heavy atom. The highest BCUT2D eigenvalue weighted by Gasteiger charge is 2.27. The van der Waals surface area contributed by atoms with E-state index < -0.39 is 0 Å². The van der Waals surface area contributed by atoms with Crippen LogP contribution in [0.25, 0.3) is 0 Å². The molecule has 3 nitrogen and oxygen atoms in total. The van der Waals surface area contributed by atoms with E-state index in [0.29, 0.717) is 5.92 Å². The van der Waals surface area contributed by atoms with E-state index in [1.165, 1.54) is 12.8 Å². The molecule has 1 aliphatic rings. The predicted octanol–water partition coefficient (Wildman–Crippen LogP) is 4.27. The molecule has 1 fully saturated rings. The van der Waals surface area contributed by atoms with Crippen LogP contribution in [0.1, 0.15) is 31.5 Å². The molecule has 1 heterocycles. The number of para-hydroxylation sites is 1. The molecule has 0 atom stereocenters. The van der Waals surface area contributed by atoms with Crippen LogP contribution < -0.4 is 4.90 Å². The fourth-order valence-electron chi connectivity index (χ4n) is 2.17. The Hall–Kier alpha value is -1.42. The van der Waals surface area contributed by atoms with Crippen LogP contribution in [0, 0.1) is 0 Å². The smallest absolute Gasteiger partial charge is 0.137 e. The lowest BCUT2D eigenvalue weighted by atomic mass is 10.3. The first kappa shape index (κ1) is 12.6. The summed E-state index contributed by atoms with van der Waals surface area (Å²) in [5, 5.41) is 0. The van der Waals surface area contributed by atoms with Crippen molar-refractivity contribution in [2.45, 2.75) is 25.7 Å². The summed E-state index contributed by atoms with van der Waals surface area (Å²) in [7, 11) is 0. The molecule has 3 rings (SSSR count). The second kappa shape index (κ2) is 5.29. The molecular weight excluding hydrogens is 302 g/mol. The average Bonchev–Trinajstić information content (AvgIpc) is 3.24. The summed E-state index contributed by atoms with van der Waals surface area (Å²) in [6.07, 6.45) is 2.43. The van der Waals surface area contributed by atoms with E-state index in [2.05, 4.69) is 57.0 Å². The van der Waals surface area contributed by atoms with E-state index in [-0.39, 0.29) is 0 Å². The molecule has 1 aromatic carbocycles. The van der Waals surface area contributed by atoms with E-state index >= 15 is 0 Å². The van der Waals surface area contributed by atoms with Gasteiger partial charge in [-0.15, -0.1) is 0 Å². The van der Waals surface area contributed by atoms with Gasteiger partial charge in [0.25, 0.3) is 0 Å². The van der Waals surface area contributed by atoms with Crippen LogP contribution in [0.15, 0.2) is 41.0 Å². The van der Waals surface area contributed by atoms with Crippen molar-refractivity contribution in [2.24, 2.45) is 0 Å². The van der Waals surface area contributed by atoms with Crippen molar-refractivity contribution < 1.29 is 0 Å². The monoisotopic (exact) mass is 317 g/mol. The van der Waals surface area contributed by atoms with Gasteiger partial charge in [-0.05, 0) is 47.8 Å². The molecule has 0 spiro atoms. The topological polar surface area (TPSA) is 29.0 Å². The highest BCUT2D eigenvalue weighted by atomic mass is 79.9. The molecule has 0 radical (unpaired) electrons. The van der Waals surface area contributed by atoms with Gasteiger partial charge in [0, 0.05) is 24.2 Å². The third kappa shape index (κ3) is 2.78. The van der Waals surface area contributed by atoms with Crippen molar-refractivity contribution in [1.29, 1.82) is 0 Å². The Bertz CT molecular complexity index is 567. The largest absolute Gasteiger partial charge is 0.327 e. The second-order valence-corrected chi connectivity index (χ2v) is 5.57. The first-order valence-electron chi connectivity index (χ1n) is 6.65. The Morgan fingerprint density at radius 3 is 2.58 bits per heavy atom. The normalized spacial score (nSPS) is 14.4. The van der Waals surface area contributed by atoms with Crippen LogP contribution >= 0.6 is 15.9 Å². The summed E-state index contributed by atoms with van der Waals surface area (Å²) in [6.45, 7) is 3.03. The summed E-state index contributed by atoms with van der Waals surface area (Å²) in [5.41, 5.74) is 1.16. The highest BCUT2D eigenvalue weighted by Crippen LogP contribution is 2.39. The first-order chi connectivity index (χ1) is 9.28. The van der Waals surface area contributed by atoms with Crippen molar-refractivity contribution in [3.8, 4) is 0 Å². The van der Waals surface area contributed by atoms with E-state index in [1.54, 1.807) is 0 Å². The molecule has 98 valence electrons. The lowest BCUT2D eigenvalue weighted by Crippen LogP contribution is -2.18. The molecule has 4 heteroatoms. The fraction of sp³-hybridized carbons (Fsp3) is 0.333. The quantitative estimate of drug-likeness (QED) is 0.788. The maximum atomic E-state index is 4.73. The maximum absolute atomic E-state index is 4.73. The van der Waals surface area contributed by atoms with Crippen molar-refractivity contribution in [1.82, 2.24) is 9.97 Å². The van der Waals surface area contributed by atoms with E-state index in [0.717, 1.165) is 28.5 Å². The number of nitrogens with zero attached hydrogens (tertiary/aromatic N) is 3. The van der Waals surface area contributed by atoms with Crippen LogP contribution in [0.4, 0.5) is 11.5 Å². The van der Waals surface area contributed by atoms with Gasteiger partial charge >= 0.3 is 0 Å². The lowest BCUT2D eigenvalue weighted by molar-refractivity contribution is 0.885. The van der Waals surface area contributed by atoms with Gasteiger partial charge in [0.2, 0.25) is 0 Å². The van der Waals surface area contributed by atoms with Crippen LogP contribution in [0.5, 0.6) is 0 Å². The molecule has 0 aliphatic heterocycles. The molecule has 1 saturated carbocycles. The zero-order valence-electron chi connectivity index (χ0n) is 10.9. The van der Waals surface area contributed by atoms with E-state index in [4.69, 9.17) is 4.98 Å². The number of anilines is 2. The third-order valence-corrected chi connectivity index (χ3v) is 3.71. The third-order valence-electron chi connectivity index (χ3n) is 3.30. The van der Waals surface area contributed by atoms with Gasteiger partial charge in [-0.1, -0.05) is 18.2 Å². The van der Waals surface area contributed by atoms with E-state index in [1.807, 2.05) is 12.1 Å². The molecule has 0 N–H and O–H groups in total.